The summed E-state index contributed by atoms with van der Waals surface area (Å²) in [7, 11) is 0. The highest BCUT2D eigenvalue weighted by molar-refractivity contribution is 8.00. The Balaban J connectivity index is 1.21. The molecule has 0 bridgehead atoms. The van der Waals surface area contributed by atoms with Crippen molar-refractivity contribution in [3.8, 4) is 0 Å². The molecule has 3 aromatic rings. The highest BCUT2D eigenvalue weighted by atomic mass is 32.2. The number of hydrogen-bond donors (Lipinski definition) is 0. The predicted molar refractivity (Wildman–Crippen MR) is 142 cm³/mol. The molecular formula is C27H35N5O2S2. The van der Waals surface area contributed by atoms with E-state index >= 15 is 0 Å². The first-order valence-corrected chi connectivity index (χ1v) is 14.7. The summed E-state index contributed by atoms with van der Waals surface area (Å²) in [6.07, 6.45) is 7.51. The number of carbonyl (C=O) groups excluding carboxylic acids is 1. The number of rotatable bonds is 8. The summed E-state index contributed by atoms with van der Waals surface area (Å²) in [6, 6.07) is 7.15. The van der Waals surface area contributed by atoms with Gasteiger partial charge in [0.2, 0.25) is 0 Å². The van der Waals surface area contributed by atoms with Crippen molar-refractivity contribution in [1.29, 1.82) is 0 Å². The van der Waals surface area contributed by atoms with Crippen LogP contribution in [0.5, 0.6) is 0 Å². The molecule has 1 fully saturated rings. The lowest BCUT2D eigenvalue weighted by Gasteiger charge is -2.55. The molecule has 9 heteroatoms. The zero-order chi connectivity index (χ0) is 25.3. The monoisotopic (exact) mass is 525 g/mol. The summed E-state index contributed by atoms with van der Waals surface area (Å²) < 4.78 is 8.36. The molecule has 7 nitrogen and oxygen atoms in total. The molecule has 0 saturated heterocycles. The second-order valence-electron chi connectivity index (χ2n) is 11.1. The maximum Gasteiger partial charge on any atom is 0.327 e. The fraction of sp³-hybridized carbons (Fsp3) is 0.593. The minimum atomic E-state index is -0.255. The Kier molecular flexibility index (Phi) is 7.23. The predicted octanol–water partition coefficient (Wildman–Crippen LogP) is 5.80. The van der Waals surface area contributed by atoms with Gasteiger partial charge in [-0.2, -0.15) is 0 Å². The second-order valence-corrected chi connectivity index (χ2v) is 13.2. The highest BCUT2D eigenvalue weighted by Gasteiger charge is 2.52. The second kappa shape index (κ2) is 10.2. The maximum atomic E-state index is 12.8. The number of aromatic nitrogens is 5. The van der Waals surface area contributed by atoms with E-state index in [1.54, 1.807) is 28.2 Å². The molecule has 0 unspecified atom stereocenters. The lowest BCUT2D eigenvalue weighted by Crippen LogP contribution is -2.51. The lowest BCUT2D eigenvalue weighted by atomic mass is 9.50. The number of carbonyl (C=O) groups is 1. The zero-order valence-electron chi connectivity index (χ0n) is 21.6. The topological polar surface area (TPSA) is 82.8 Å². The van der Waals surface area contributed by atoms with E-state index in [1.807, 2.05) is 0 Å². The Hall–Kier alpha value is -2.26. The Labute approximate surface area is 221 Å². The SMILES string of the molecule is CC(C)c1ccc2c(c1)CC[C@H]1[C@](C)(COC(=O)Cn3cc(CSc4nncs4)nn3)CCC[C@]21C. The van der Waals surface area contributed by atoms with Crippen LogP contribution in [0.2, 0.25) is 0 Å². The van der Waals surface area contributed by atoms with Gasteiger partial charge in [0.25, 0.3) is 0 Å². The van der Waals surface area contributed by atoms with Gasteiger partial charge in [-0.1, -0.05) is 80.6 Å². The molecule has 0 spiro atoms. The van der Waals surface area contributed by atoms with E-state index in [1.165, 1.54) is 34.4 Å². The van der Waals surface area contributed by atoms with Crippen LogP contribution in [0.25, 0.3) is 0 Å². The van der Waals surface area contributed by atoms with Crippen molar-refractivity contribution in [3.63, 3.8) is 0 Å². The van der Waals surface area contributed by atoms with Crippen molar-refractivity contribution in [3.05, 3.63) is 52.3 Å². The minimum absolute atomic E-state index is 0.0248. The van der Waals surface area contributed by atoms with Gasteiger partial charge in [0.1, 0.15) is 12.1 Å². The Morgan fingerprint density at radius 1 is 1.28 bits per heavy atom. The highest BCUT2D eigenvalue weighted by Crippen LogP contribution is 2.57. The summed E-state index contributed by atoms with van der Waals surface area (Å²) in [5.74, 6) is 1.43. The van der Waals surface area contributed by atoms with Gasteiger partial charge in [-0.3, -0.25) is 4.79 Å². The van der Waals surface area contributed by atoms with Gasteiger partial charge in [0.05, 0.1) is 12.3 Å². The zero-order valence-corrected chi connectivity index (χ0v) is 23.2. The molecule has 192 valence electrons. The molecule has 0 radical (unpaired) electrons. The van der Waals surface area contributed by atoms with Crippen LogP contribution in [0.4, 0.5) is 0 Å². The van der Waals surface area contributed by atoms with Gasteiger partial charge >= 0.3 is 5.97 Å². The third-order valence-electron chi connectivity index (χ3n) is 8.29. The first kappa shape index (κ1) is 25.4. The van der Waals surface area contributed by atoms with Crippen LogP contribution in [-0.4, -0.2) is 37.8 Å². The van der Waals surface area contributed by atoms with Gasteiger partial charge < -0.3 is 4.74 Å². The van der Waals surface area contributed by atoms with Crippen molar-refractivity contribution in [2.45, 2.75) is 87.8 Å². The number of nitrogens with zero attached hydrogens (tertiary/aromatic N) is 5. The average Bonchev–Trinajstić information content (AvgIpc) is 3.53. The van der Waals surface area contributed by atoms with Crippen LogP contribution in [0.1, 0.15) is 81.7 Å². The molecule has 2 aliphatic rings. The van der Waals surface area contributed by atoms with Crippen LogP contribution < -0.4 is 0 Å². The number of benzene rings is 1. The van der Waals surface area contributed by atoms with Gasteiger partial charge in [-0.15, -0.1) is 15.3 Å². The summed E-state index contributed by atoms with van der Waals surface area (Å²) >= 11 is 3.06. The summed E-state index contributed by atoms with van der Waals surface area (Å²) in [5.41, 5.74) is 7.09. The van der Waals surface area contributed by atoms with Gasteiger partial charge in [-0.05, 0) is 59.6 Å². The molecule has 36 heavy (non-hydrogen) atoms. The van der Waals surface area contributed by atoms with Crippen LogP contribution in [-0.2, 0) is 33.7 Å². The normalized spacial score (nSPS) is 25.4. The van der Waals surface area contributed by atoms with Crippen molar-refractivity contribution in [2.24, 2.45) is 11.3 Å². The van der Waals surface area contributed by atoms with Crippen LogP contribution in [0, 0.1) is 11.3 Å². The molecule has 3 atom stereocenters. The molecule has 2 heterocycles. The number of esters is 1. The fourth-order valence-corrected chi connectivity index (χ4v) is 7.81. The van der Waals surface area contributed by atoms with Gasteiger partial charge in [-0.25, -0.2) is 4.68 Å². The maximum absolute atomic E-state index is 12.8. The minimum Gasteiger partial charge on any atom is -0.464 e. The van der Waals surface area contributed by atoms with Gasteiger partial charge in [0, 0.05) is 17.4 Å². The largest absolute Gasteiger partial charge is 0.464 e. The molecule has 5 rings (SSSR count). The number of thioether (sulfide) groups is 1. The molecule has 0 aliphatic heterocycles. The fourth-order valence-electron chi connectivity index (χ4n) is 6.44. The van der Waals surface area contributed by atoms with Crippen LogP contribution in [0.3, 0.4) is 0 Å². The van der Waals surface area contributed by atoms with E-state index in [4.69, 9.17) is 4.74 Å². The first-order chi connectivity index (χ1) is 17.3. The van der Waals surface area contributed by atoms with Crippen LogP contribution >= 0.6 is 23.1 Å². The van der Waals surface area contributed by atoms with E-state index in [2.05, 4.69) is 66.4 Å². The van der Waals surface area contributed by atoms with Crippen molar-refractivity contribution >= 4 is 29.1 Å². The van der Waals surface area contributed by atoms with Crippen molar-refractivity contribution in [1.82, 2.24) is 25.2 Å². The van der Waals surface area contributed by atoms with E-state index in [0.29, 0.717) is 24.2 Å². The lowest BCUT2D eigenvalue weighted by molar-refractivity contribution is -0.152. The Morgan fingerprint density at radius 2 is 2.14 bits per heavy atom. The number of hydrogen-bond acceptors (Lipinski definition) is 8. The summed E-state index contributed by atoms with van der Waals surface area (Å²) in [4.78, 5) is 12.8. The smallest absolute Gasteiger partial charge is 0.327 e. The Bertz CT molecular complexity index is 1210. The molecule has 2 aliphatic carbocycles. The molecular weight excluding hydrogens is 490 g/mol. The molecule has 2 aromatic heterocycles. The van der Waals surface area contributed by atoms with Crippen LogP contribution in [0.15, 0.2) is 34.2 Å². The van der Waals surface area contributed by atoms with Gasteiger partial charge in [0.15, 0.2) is 4.34 Å². The quantitative estimate of drug-likeness (QED) is 0.271. The third kappa shape index (κ3) is 5.09. The molecule has 0 N–H and O–H groups in total. The molecule has 0 amide bonds. The number of aryl methyl sites for hydroxylation is 1. The van der Waals surface area contributed by atoms with Crippen molar-refractivity contribution in [2.75, 3.05) is 6.61 Å². The van der Waals surface area contributed by atoms with E-state index in [0.717, 1.165) is 35.7 Å². The van der Waals surface area contributed by atoms with E-state index in [9.17, 15) is 4.79 Å². The Morgan fingerprint density at radius 3 is 2.92 bits per heavy atom. The average molecular weight is 526 g/mol. The van der Waals surface area contributed by atoms with E-state index in [-0.39, 0.29) is 23.3 Å². The molecule has 1 saturated carbocycles. The first-order valence-electron chi connectivity index (χ1n) is 12.8. The summed E-state index contributed by atoms with van der Waals surface area (Å²) in [6.45, 7) is 9.84. The number of fused-ring (bicyclic) bond motifs is 3. The van der Waals surface area contributed by atoms with Crippen molar-refractivity contribution < 1.29 is 9.53 Å². The molecule has 1 aromatic carbocycles. The van der Waals surface area contributed by atoms with E-state index < -0.39 is 0 Å². The standard InChI is InChI=1S/C27H35N5O2S2/c1-18(2)19-6-8-22-20(12-19)7-9-23-26(3,10-5-11-27(22,23)4)16-34-24(33)14-32-13-21(29-31-32)15-35-25-30-28-17-36-25/h6,8,12-13,17-18,23H,5,7,9-11,14-16H2,1-4H3/t23-,26-,27+/m0/s1. The summed E-state index contributed by atoms with van der Waals surface area (Å²) in [5, 5.41) is 16.1. The third-order valence-corrected chi connectivity index (χ3v) is 10.2. The number of ether oxygens (including phenoxy) is 1.